The SMILES string of the molecule is Cn1c(N)c(Br)c(=O)[nH]c1=O. The number of aromatic amines is 1. The Bertz CT molecular complexity index is 357. The van der Waals surface area contributed by atoms with Gasteiger partial charge in [0.1, 0.15) is 10.3 Å². The molecule has 3 N–H and O–H groups in total. The maximum absolute atomic E-state index is 10.8. The summed E-state index contributed by atoms with van der Waals surface area (Å²) < 4.78 is 1.32. The molecule has 11 heavy (non-hydrogen) atoms. The van der Waals surface area contributed by atoms with E-state index in [2.05, 4.69) is 20.9 Å². The van der Waals surface area contributed by atoms with Crippen molar-refractivity contribution in [1.82, 2.24) is 9.55 Å². The van der Waals surface area contributed by atoms with Crippen molar-refractivity contribution >= 4 is 21.7 Å². The molecule has 0 aromatic carbocycles. The molecule has 0 aliphatic heterocycles. The van der Waals surface area contributed by atoms with E-state index in [1.54, 1.807) is 0 Å². The number of nitrogens with one attached hydrogen (secondary N) is 1. The largest absolute Gasteiger partial charge is 0.384 e. The average Bonchev–Trinajstić information content (AvgIpc) is 1.97. The topological polar surface area (TPSA) is 80.9 Å². The van der Waals surface area contributed by atoms with Crippen molar-refractivity contribution in [1.29, 1.82) is 0 Å². The molecule has 0 bridgehead atoms. The van der Waals surface area contributed by atoms with Gasteiger partial charge in [-0.1, -0.05) is 0 Å². The van der Waals surface area contributed by atoms with E-state index in [9.17, 15) is 9.59 Å². The zero-order chi connectivity index (χ0) is 8.59. The highest BCUT2D eigenvalue weighted by molar-refractivity contribution is 9.10. The van der Waals surface area contributed by atoms with Crippen molar-refractivity contribution in [3.05, 3.63) is 25.3 Å². The number of aromatic nitrogens is 2. The molecule has 1 rings (SSSR count). The minimum absolute atomic E-state index is 0.124. The van der Waals surface area contributed by atoms with Crippen LogP contribution in [-0.4, -0.2) is 9.55 Å². The van der Waals surface area contributed by atoms with E-state index < -0.39 is 11.2 Å². The highest BCUT2D eigenvalue weighted by atomic mass is 79.9. The Hall–Kier alpha value is -1.04. The first kappa shape index (κ1) is 8.06. The summed E-state index contributed by atoms with van der Waals surface area (Å²) in [6.45, 7) is 0. The molecule has 0 saturated heterocycles. The van der Waals surface area contributed by atoms with E-state index in [0.717, 1.165) is 4.57 Å². The van der Waals surface area contributed by atoms with Gasteiger partial charge < -0.3 is 5.73 Å². The van der Waals surface area contributed by atoms with Crippen LogP contribution in [0.25, 0.3) is 0 Å². The van der Waals surface area contributed by atoms with E-state index in [0.29, 0.717) is 0 Å². The van der Waals surface area contributed by atoms with Gasteiger partial charge in [-0.3, -0.25) is 14.3 Å². The second-order valence-electron chi connectivity index (χ2n) is 2.02. The third-order valence-electron chi connectivity index (χ3n) is 1.31. The molecule has 0 spiro atoms. The van der Waals surface area contributed by atoms with Gasteiger partial charge in [0.05, 0.1) is 0 Å². The Labute approximate surface area is 70.0 Å². The standard InChI is InChI=1S/C5H6BrN3O2/c1-9-3(7)2(6)4(10)8-5(9)11/h7H2,1H3,(H,8,10,11). The lowest BCUT2D eigenvalue weighted by Crippen LogP contribution is -2.30. The summed E-state index contributed by atoms with van der Waals surface area (Å²) in [5, 5.41) is 0. The first-order valence-corrected chi connectivity index (χ1v) is 3.57. The van der Waals surface area contributed by atoms with Crippen LogP contribution in [0.15, 0.2) is 14.1 Å². The lowest BCUT2D eigenvalue weighted by molar-refractivity contribution is 0.807. The Balaban J connectivity index is 3.73. The highest BCUT2D eigenvalue weighted by Gasteiger charge is 2.04. The molecule has 0 atom stereocenters. The zero-order valence-corrected chi connectivity index (χ0v) is 7.31. The van der Waals surface area contributed by atoms with Gasteiger partial charge in [-0.2, -0.15) is 0 Å². The van der Waals surface area contributed by atoms with Gasteiger partial charge >= 0.3 is 5.69 Å². The van der Waals surface area contributed by atoms with Crippen molar-refractivity contribution in [2.45, 2.75) is 0 Å². The normalized spacial score (nSPS) is 10.0. The molecule has 0 aliphatic rings. The number of H-pyrrole nitrogens is 1. The third kappa shape index (κ3) is 1.21. The molecule has 1 heterocycles. The number of halogens is 1. The Morgan fingerprint density at radius 2 is 2.09 bits per heavy atom. The molecular weight excluding hydrogens is 214 g/mol. The summed E-state index contributed by atoms with van der Waals surface area (Å²) in [5.74, 6) is 0.124. The maximum atomic E-state index is 10.8. The molecule has 0 radical (unpaired) electrons. The minimum Gasteiger partial charge on any atom is -0.384 e. The third-order valence-corrected chi connectivity index (χ3v) is 2.08. The fraction of sp³-hybridized carbons (Fsp3) is 0.200. The number of anilines is 1. The molecule has 6 heteroatoms. The molecule has 5 nitrogen and oxygen atoms in total. The van der Waals surface area contributed by atoms with E-state index >= 15 is 0 Å². The zero-order valence-electron chi connectivity index (χ0n) is 5.72. The quantitative estimate of drug-likeness (QED) is 0.613. The van der Waals surface area contributed by atoms with Gasteiger partial charge in [0.25, 0.3) is 5.56 Å². The molecule has 1 aromatic heterocycles. The minimum atomic E-state index is -0.518. The van der Waals surface area contributed by atoms with Crippen LogP contribution in [0.3, 0.4) is 0 Å². The summed E-state index contributed by atoms with van der Waals surface area (Å²) >= 11 is 2.94. The van der Waals surface area contributed by atoms with Crippen molar-refractivity contribution in [3.63, 3.8) is 0 Å². The molecule has 0 saturated carbocycles. The number of hydrogen-bond acceptors (Lipinski definition) is 3. The Kier molecular flexibility index (Phi) is 1.86. The molecule has 60 valence electrons. The van der Waals surface area contributed by atoms with Crippen LogP contribution in [0.1, 0.15) is 0 Å². The number of rotatable bonds is 0. The predicted molar refractivity (Wildman–Crippen MR) is 44.4 cm³/mol. The molecule has 0 amide bonds. The van der Waals surface area contributed by atoms with E-state index in [1.165, 1.54) is 7.05 Å². The second kappa shape index (κ2) is 2.54. The molecule has 0 unspecified atom stereocenters. The Morgan fingerprint density at radius 1 is 1.55 bits per heavy atom. The summed E-state index contributed by atoms with van der Waals surface area (Å²) in [7, 11) is 1.47. The van der Waals surface area contributed by atoms with Gasteiger partial charge in [-0.15, -0.1) is 0 Å². The van der Waals surface area contributed by atoms with Crippen LogP contribution < -0.4 is 17.0 Å². The highest BCUT2D eigenvalue weighted by Crippen LogP contribution is 2.08. The summed E-state index contributed by atoms with van der Waals surface area (Å²) in [6, 6.07) is 0. The van der Waals surface area contributed by atoms with Crippen LogP contribution in [0.2, 0.25) is 0 Å². The second-order valence-corrected chi connectivity index (χ2v) is 2.81. The maximum Gasteiger partial charge on any atom is 0.329 e. The van der Waals surface area contributed by atoms with Crippen molar-refractivity contribution in [2.75, 3.05) is 5.73 Å². The van der Waals surface area contributed by atoms with Crippen LogP contribution >= 0.6 is 15.9 Å². The smallest absolute Gasteiger partial charge is 0.329 e. The Morgan fingerprint density at radius 3 is 2.64 bits per heavy atom. The lowest BCUT2D eigenvalue weighted by atomic mass is 10.6. The first-order valence-electron chi connectivity index (χ1n) is 2.78. The van der Waals surface area contributed by atoms with E-state index in [1.807, 2.05) is 0 Å². The van der Waals surface area contributed by atoms with Crippen LogP contribution in [0.4, 0.5) is 5.82 Å². The van der Waals surface area contributed by atoms with Crippen LogP contribution in [0.5, 0.6) is 0 Å². The molecule has 0 aliphatic carbocycles. The fourth-order valence-electron chi connectivity index (χ4n) is 0.609. The molecular formula is C5H6BrN3O2. The lowest BCUT2D eigenvalue weighted by Gasteiger charge is -2.01. The van der Waals surface area contributed by atoms with Crippen LogP contribution in [-0.2, 0) is 7.05 Å². The van der Waals surface area contributed by atoms with Crippen molar-refractivity contribution in [2.24, 2.45) is 7.05 Å². The van der Waals surface area contributed by atoms with Gasteiger partial charge in [-0.05, 0) is 15.9 Å². The van der Waals surface area contributed by atoms with Gasteiger partial charge in [0, 0.05) is 7.05 Å². The molecule has 0 fully saturated rings. The van der Waals surface area contributed by atoms with Crippen LogP contribution in [0, 0.1) is 0 Å². The summed E-state index contributed by atoms with van der Waals surface area (Å²) in [5.41, 5.74) is 4.35. The predicted octanol–water partition coefficient (Wildman–Crippen LogP) is -0.582. The molecule has 1 aromatic rings. The monoisotopic (exact) mass is 219 g/mol. The van der Waals surface area contributed by atoms with Gasteiger partial charge in [-0.25, -0.2) is 4.79 Å². The first-order chi connectivity index (χ1) is 5.04. The van der Waals surface area contributed by atoms with Gasteiger partial charge in [0.2, 0.25) is 0 Å². The number of nitrogens with zero attached hydrogens (tertiary/aromatic N) is 1. The number of hydrogen-bond donors (Lipinski definition) is 2. The van der Waals surface area contributed by atoms with Crippen molar-refractivity contribution in [3.8, 4) is 0 Å². The van der Waals surface area contributed by atoms with Gasteiger partial charge in [0.15, 0.2) is 0 Å². The number of nitrogen functional groups attached to an aromatic ring is 1. The van der Waals surface area contributed by atoms with E-state index in [4.69, 9.17) is 5.73 Å². The summed E-state index contributed by atoms with van der Waals surface area (Å²) in [4.78, 5) is 23.7. The average molecular weight is 220 g/mol. The number of nitrogens with two attached hydrogens (primary N) is 1. The van der Waals surface area contributed by atoms with Crippen molar-refractivity contribution < 1.29 is 0 Å². The van der Waals surface area contributed by atoms with E-state index in [-0.39, 0.29) is 10.3 Å². The summed E-state index contributed by atoms with van der Waals surface area (Å²) in [6.07, 6.45) is 0. The fourth-order valence-corrected chi connectivity index (χ4v) is 0.974.